The first-order valence-electron chi connectivity index (χ1n) is 6.46. The lowest BCUT2D eigenvalue weighted by atomic mass is 9.92. The first-order chi connectivity index (χ1) is 8.34. The van der Waals surface area contributed by atoms with E-state index in [-0.39, 0.29) is 0 Å². The maximum atomic E-state index is 4.68. The van der Waals surface area contributed by atoms with Crippen LogP contribution in [0.5, 0.6) is 0 Å². The first-order valence-corrected chi connectivity index (χ1v) is 6.46. The highest BCUT2D eigenvalue weighted by Gasteiger charge is 2.17. The first kappa shape index (κ1) is 10.8. The summed E-state index contributed by atoms with van der Waals surface area (Å²) in [6.45, 7) is 2.32. The van der Waals surface area contributed by atoms with E-state index in [0.29, 0.717) is 0 Å². The van der Waals surface area contributed by atoms with Gasteiger partial charge in [0.1, 0.15) is 0 Å². The normalized spacial score (nSPS) is 17.7. The van der Waals surface area contributed by atoms with Gasteiger partial charge in [-0.2, -0.15) is 5.10 Å². The second-order valence-corrected chi connectivity index (χ2v) is 4.98. The third-order valence-electron chi connectivity index (χ3n) is 3.78. The van der Waals surface area contributed by atoms with E-state index in [1.807, 2.05) is 11.7 Å². The minimum Gasteiger partial charge on any atom is -0.317 e. The molecule has 0 aliphatic carbocycles. The van der Waals surface area contributed by atoms with E-state index >= 15 is 0 Å². The Labute approximate surface area is 102 Å². The summed E-state index contributed by atoms with van der Waals surface area (Å²) < 4.78 is 2.01. The van der Waals surface area contributed by atoms with Crippen molar-refractivity contribution in [3.8, 4) is 0 Å². The van der Waals surface area contributed by atoms with E-state index in [1.54, 1.807) is 0 Å². The molecule has 17 heavy (non-hydrogen) atoms. The van der Waals surface area contributed by atoms with Crippen LogP contribution < -0.4 is 5.32 Å². The lowest BCUT2D eigenvalue weighted by molar-refractivity contribution is 0.370. The fourth-order valence-corrected chi connectivity index (χ4v) is 2.80. The molecule has 1 saturated heterocycles. The Morgan fingerprint density at radius 3 is 2.88 bits per heavy atom. The molecular formula is C14H19N3. The van der Waals surface area contributed by atoms with Gasteiger partial charge in [0, 0.05) is 12.4 Å². The van der Waals surface area contributed by atoms with Gasteiger partial charge >= 0.3 is 0 Å². The number of hydrogen-bond acceptors (Lipinski definition) is 2. The Balaban J connectivity index is 1.89. The van der Waals surface area contributed by atoms with Crippen molar-refractivity contribution in [1.82, 2.24) is 15.1 Å². The van der Waals surface area contributed by atoms with Crippen LogP contribution in [0.3, 0.4) is 0 Å². The molecule has 0 amide bonds. The monoisotopic (exact) mass is 229 g/mol. The molecule has 1 fully saturated rings. The second-order valence-electron chi connectivity index (χ2n) is 4.98. The molecule has 1 aliphatic rings. The minimum absolute atomic E-state index is 0.801. The zero-order chi connectivity index (χ0) is 11.7. The van der Waals surface area contributed by atoms with Crippen LogP contribution in [-0.4, -0.2) is 22.9 Å². The van der Waals surface area contributed by atoms with Crippen molar-refractivity contribution in [2.45, 2.75) is 19.3 Å². The number of para-hydroxylation sites is 1. The number of benzene rings is 1. The molecule has 0 saturated carbocycles. The van der Waals surface area contributed by atoms with Gasteiger partial charge in [0.25, 0.3) is 0 Å². The third kappa shape index (κ3) is 2.07. The molecule has 0 spiro atoms. The van der Waals surface area contributed by atoms with Crippen LogP contribution >= 0.6 is 0 Å². The Bertz CT molecular complexity index is 509. The predicted octanol–water partition coefficient (Wildman–Crippen LogP) is 2.12. The number of nitrogens with zero attached hydrogens (tertiary/aromatic N) is 2. The van der Waals surface area contributed by atoms with Gasteiger partial charge < -0.3 is 5.32 Å². The smallest absolute Gasteiger partial charge is 0.0706 e. The summed E-state index contributed by atoms with van der Waals surface area (Å²) in [7, 11) is 2.04. The summed E-state index contributed by atoms with van der Waals surface area (Å²) in [4.78, 5) is 0. The standard InChI is InChI=1S/C14H19N3/c1-17-14-5-3-2-4-12(14)13(16-17)10-11-6-8-15-9-7-11/h2-5,11,15H,6-10H2,1H3. The fourth-order valence-electron chi connectivity index (χ4n) is 2.80. The Morgan fingerprint density at radius 2 is 2.06 bits per heavy atom. The van der Waals surface area contributed by atoms with Crippen molar-refractivity contribution in [3.05, 3.63) is 30.0 Å². The van der Waals surface area contributed by atoms with Crippen LogP contribution in [0.15, 0.2) is 24.3 Å². The largest absolute Gasteiger partial charge is 0.317 e. The summed E-state index contributed by atoms with van der Waals surface area (Å²) in [5.74, 6) is 0.801. The highest BCUT2D eigenvalue weighted by Crippen LogP contribution is 2.23. The molecule has 90 valence electrons. The number of aryl methyl sites for hydroxylation is 1. The van der Waals surface area contributed by atoms with Crippen LogP contribution in [0.2, 0.25) is 0 Å². The SMILES string of the molecule is Cn1nc(CC2CCNCC2)c2ccccc21. The van der Waals surface area contributed by atoms with Gasteiger partial charge in [-0.3, -0.25) is 4.68 Å². The van der Waals surface area contributed by atoms with Crippen LogP contribution in [0, 0.1) is 5.92 Å². The van der Waals surface area contributed by atoms with Gasteiger partial charge in [0.05, 0.1) is 11.2 Å². The molecule has 1 aliphatic heterocycles. The number of hydrogen-bond donors (Lipinski definition) is 1. The van der Waals surface area contributed by atoms with Gasteiger partial charge in [0.15, 0.2) is 0 Å². The van der Waals surface area contributed by atoms with Crippen molar-refractivity contribution < 1.29 is 0 Å². The molecule has 3 rings (SSSR count). The summed E-state index contributed by atoms with van der Waals surface area (Å²) >= 11 is 0. The molecular weight excluding hydrogens is 210 g/mol. The Morgan fingerprint density at radius 1 is 1.29 bits per heavy atom. The molecule has 1 aromatic heterocycles. The quantitative estimate of drug-likeness (QED) is 0.855. The Kier molecular flexibility index (Phi) is 2.85. The molecule has 1 aromatic carbocycles. The average Bonchev–Trinajstić information content (AvgIpc) is 2.69. The molecule has 0 atom stereocenters. The van der Waals surface area contributed by atoms with Crippen LogP contribution in [0.25, 0.3) is 10.9 Å². The summed E-state index contributed by atoms with van der Waals surface area (Å²) in [5.41, 5.74) is 2.52. The molecule has 1 N–H and O–H groups in total. The van der Waals surface area contributed by atoms with Crippen LogP contribution in [0.1, 0.15) is 18.5 Å². The van der Waals surface area contributed by atoms with Crippen molar-refractivity contribution in [3.63, 3.8) is 0 Å². The van der Waals surface area contributed by atoms with E-state index in [0.717, 1.165) is 25.4 Å². The van der Waals surface area contributed by atoms with Crippen LogP contribution in [0.4, 0.5) is 0 Å². The molecule has 0 radical (unpaired) electrons. The lowest BCUT2D eigenvalue weighted by Gasteiger charge is -2.21. The van der Waals surface area contributed by atoms with Crippen molar-refractivity contribution >= 4 is 10.9 Å². The van der Waals surface area contributed by atoms with E-state index in [9.17, 15) is 0 Å². The lowest BCUT2D eigenvalue weighted by Crippen LogP contribution is -2.28. The van der Waals surface area contributed by atoms with E-state index < -0.39 is 0 Å². The zero-order valence-corrected chi connectivity index (χ0v) is 10.3. The number of nitrogens with one attached hydrogen (secondary N) is 1. The van der Waals surface area contributed by atoms with Crippen molar-refractivity contribution in [2.24, 2.45) is 13.0 Å². The maximum Gasteiger partial charge on any atom is 0.0706 e. The van der Waals surface area contributed by atoms with Gasteiger partial charge in [-0.05, 0) is 44.3 Å². The van der Waals surface area contributed by atoms with E-state index in [4.69, 9.17) is 0 Å². The van der Waals surface area contributed by atoms with Gasteiger partial charge in [-0.1, -0.05) is 18.2 Å². The molecule has 0 unspecified atom stereocenters. The number of aromatic nitrogens is 2. The van der Waals surface area contributed by atoms with Gasteiger partial charge in [0.2, 0.25) is 0 Å². The highest BCUT2D eigenvalue weighted by molar-refractivity contribution is 5.81. The van der Waals surface area contributed by atoms with Gasteiger partial charge in [-0.15, -0.1) is 0 Å². The predicted molar refractivity (Wildman–Crippen MR) is 70.0 cm³/mol. The van der Waals surface area contributed by atoms with E-state index in [1.165, 1.54) is 29.4 Å². The minimum atomic E-state index is 0.801. The summed E-state index contributed by atoms with van der Waals surface area (Å²) in [6.07, 6.45) is 3.69. The van der Waals surface area contributed by atoms with Crippen molar-refractivity contribution in [1.29, 1.82) is 0 Å². The number of rotatable bonds is 2. The van der Waals surface area contributed by atoms with E-state index in [2.05, 4.69) is 34.7 Å². The number of fused-ring (bicyclic) bond motifs is 1. The summed E-state index contributed by atoms with van der Waals surface area (Å²) in [6, 6.07) is 8.53. The molecule has 2 heterocycles. The Hall–Kier alpha value is -1.35. The summed E-state index contributed by atoms with van der Waals surface area (Å²) in [5, 5.41) is 9.42. The molecule has 0 bridgehead atoms. The average molecular weight is 229 g/mol. The number of piperidine rings is 1. The topological polar surface area (TPSA) is 29.9 Å². The molecule has 2 aromatic rings. The van der Waals surface area contributed by atoms with Crippen molar-refractivity contribution in [2.75, 3.05) is 13.1 Å². The zero-order valence-electron chi connectivity index (χ0n) is 10.3. The third-order valence-corrected chi connectivity index (χ3v) is 3.78. The van der Waals surface area contributed by atoms with Crippen LogP contribution in [-0.2, 0) is 13.5 Å². The fraction of sp³-hybridized carbons (Fsp3) is 0.500. The second kappa shape index (κ2) is 4.49. The van der Waals surface area contributed by atoms with Gasteiger partial charge in [-0.25, -0.2) is 0 Å². The molecule has 3 nitrogen and oxygen atoms in total. The highest BCUT2D eigenvalue weighted by atomic mass is 15.3. The maximum absolute atomic E-state index is 4.68. The molecule has 3 heteroatoms.